The largest absolute Gasteiger partial charge is 1.00 e. The van der Waals surface area contributed by atoms with Gasteiger partial charge in [0.25, 0.3) is 5.91 Å². The number of rotatable bonds is 3. The quantitative estimate of drug-likeness (QED) is 0.324. The fraction of sp³-hybridized carbons (Fsp3) is 0.167. The molecule has 0 aliphatic carbocycles. The molecule has 0 bridgehead atoms. The van der Waals surface area contributed by atoms with Crippen molar-refractivity contribution in [2.75, 3.05) is 0 Å². The minimum atomic E-state index is -1.33. The van der Waals surface area contributed by atoms with Gasteiger partial charge in [0.15, 0.2) is 0 Å². The van der Waals surface area contributed by atoms with Crippen molar-refractivity contribution in [2.45, 2.75) is 5.37 Å². The average molecular weight is 312 g/mol. The van der Waals surface area contributed by atoms with E-state index in [1.54, 1.807) is 36.2 Å². The van der Waals surface area contributed by atoms with Gasteiger partial charge in [-0.1, -0.05) is 17.4 Å². The second kappa shape index (κ2) is 6.18. The summed E-state index contributed by atoms with van der Waals surface area (Å²) in [5.74, 6) is -1.64. The van der Waals surface area contributed by atoms with Gasteiger partial charge in [0.1, 0.15) is 11.1 Å². The van der Waals surface area contributed by atoms with E-state index in [4.69, 9.17) is 0 Å². The molecule has 2 aliphatic heterocycles. The molecule has 21 heavy (non-hydrogen) atoms. The third-order valence-electron chi connectivity index (χ3n) is 2.91. The smallest absolute Gasteiger partial charge is 0.543 e. The summed E-state index contributed by atoms with van der Waals surface area (Å²) in [5, 5.41) is 19.6. The number of fused-ring (bicyclic) bond motifs is 1. The van der Waals surface area contributed by atoms with Crippen molar-refractivity contribution in [1.82, 2.24) is 19.9 Å². The van der Waals surface area contributed by atoms with Crippen molar-refractivity contribution >= 4 is 29.7 Å². The number of carbonyl (C=O) groups excluding carboxylic acids is 2. The maximum Gasteiger partial charge on any atom is 1.00 e. The van der Waals surface area contributed by atoms with E-state index in [1.807, 2.05) is 0 Å². The molecule has 0 aromatic carbocycles. The Balaban J connectivity index is 0.00000161. The van der Waals surface area contributed by atoms with Crippen molar-refractivity contribution in [2.24, 2.45) is 7.05 Å². The number of nitrogens with zero attached hydrogens (tertiary/aromatic N) is 4. The summed E-state index contributed by atoms with van der Waals surface area (Å²) in [6.45, 7) is 0. The van der Waals surface area contributed by atoms with Crippen LogP contribution in [0.1, 0.15) is 5.69 Å². The Labute approximate surface area is 146 Å². The molecule has 0 radical (unpaired) electrons. The Hall–Kier alpha value is -1.35. The van der Waals surface area contributed by atoms with E-state index in [-0.39, 0.29) is 46.5 Å². The third-order valence-corrected chi connectivity index (χ3v) is 3.99. The number of hydrogen-bond acceptors (Lipinski definition) is 6. The van der Waals surface area contributed by atoms with Crippen LogP contribution in [-0.2, 0) is 16.6 Å². The van der Waals surface area contributed by atoms with Gasteiger partial charge in [-0.2, -0.15) is 0 Å². The van der Waals surface area contributed by atoms with Gasteiger partial charge in [0.2, 0.25) is 0 Å². The number of aromatic nitrogens is 3. The molecule has 102 valence electrons. The second-order valence-corrected chi connectivity index (χ2v) is 5.21. The maximum atomic E-state index is 11.9. The van der Waals surface area contributed by atoms with E-state index < -0.39 is 5.97 Å². The van der Waals surface area contributed by atoms with Crippen molar-refractivity contribution in [3.63, 3.8) is 0 Å². The molecular weight excluding hydrogens is 303 g/mol. The van der Waals surface area contributed by atoms with E-state index in [0.717, 1.165) is 0 Å². The van der Waals surface area contributed by atoms with Crippen molar-refractivity contribution in [3.05, 3.63) is 40.7 Å². The van der Waals surface area contributed by atoms with Crippen molar-refractivity contribution < 1.29 is 44.3 Å². The first-order valence-electron chi connectivity index (χ1n) is 5.73. The first-order chi connectivity index (χ1) is 9.58. The molecule has 0 unspecified atom stereocenters. The van der Waals surface area contributed by atoms with Crippen LogP contribution in [0.5, 0.6) is 0 Å². The number of carboxylic acids is 1. The standard InChI is InChI=1S/C12H10N4O3S.Na/c1-15-5-7(13-14-15)3-2-4-8-10(17)16-9(12(18)19)6-20-11(8)16;/h2-6,11H,1H3,(H,18,19);/q;+1/p-1/b3-2+,8-4-;/t11-;/m1./s1. The zero-order chi connectivity index (χ0) is 14.3. The predicted octanol–water partition coefficient (Wildman–Crippen LogP) is -3.73. The van der Waals surface area contributed by atoms with Crippen LogP contribution in [0.25, 0.3) is 6.08 Å². The topological polar surface area (TPSA) is 91.2 Å². The summed E-state index contributed by atoms with van der Waals surface area (Å²) < 4.78 is 1.58. The molecule has 1 fully saturated rings. The summed E-state index contributed by atoms with van der Waals surface area (Å²) in [5.41, 5.74) is 1.17. The van der Waals surface area contributed by atoms with E-state index in [0.29, 0.717) is 11.3 Å². The Bertz CT molecular complexity index is 694. The first kappa shape index (κ1) is 16.0. The molecule has 0 saturated carbocycles. The monoisotopic (exact) mass is 312 g/mol. The molecule has 1 amide bonds. The van der Waals surface area contributed by atoms with Crippen LogP contribution in [0.4, 0.5) is 0 Å². The van der Waals surface area contributed by atoms with E-state index >= 15 is 0 Å². The number of thioether (sulfide) groups is 1. The maximum absolute atomic E-state index is 11.9. The molecule has 1 saturated heterocycles. The molecule has 1 aromatic heterocycles. The van der Waals surface area contributed by atoms with Crippen LogP contribution >= 0.6 is 11.8 Å². The normalized spacial score (nSPS) is 22.0. The molecule has 1 atom stereocenters. The zero-order valence-electron chi connectivity index (χ0n) is 11.4. The molecule has 7 nitrogen and oxygen atoms in total. The van der Waals surface area contributed by atoms with Gasteiger partial charge in [0, 0.05) is 7.05 Å². The molecule has 9 heteroatoms. The number of amides is 1. The van der Waals surface area contributed by atoms with Crippen LogP contribution < -0.4 is 34.7 Å². The fourth-order valence-corrected chi connectivity index (χ4v) is 3.10. The predicted molar refractivity (Wildman–Crippen MR) is 69.4 cm³/mol. The fourth-order valence-electron chi connectivity index (χ4n) is 1.97. The van der Waals surface area contributed by atoms with Gasteiger partial charge in [-0.15, -0.1) is 16.9 Å². The molecule has 0 spiro atoms. The average Bonchev–Trinajstić information content (AvgIpc) is 2.98. The minimum Gasteiger partial charge on any atom is -0.543 e. The van der Waals surface area contributed by atoms with Crippen LogP contribution in [0.15, 0.2) is 35.0 Å². The Morgan fingerprint density at radius 2 is 2.29 bits per heavy atom. The third kappa shape index (κ3) is 2.84. The van der Waals surface area contributed by atoms with Gasteiger partial charge < -0.3 is 9.90 Å². The molecule has 3 heterocycles. The van der Waals surface area contributed by atoms with E-state index in [2.05, 4.69) is 10.3 Å². The van der Waals surface area contributed by atoms with Crippen molar-refractivity contribution in [1.29, 1.82) is 0 Å². The zero-order valence-corrected chi connectivity index (χ0v) is 14.2. The SMILES string of the molecule is Cn1cc(/C=C/C=C2/C(=O)N3C(C(=O)[O-])=CS[C@H]23)nn1.[Na+]. The summed E-state index contributed by atoms with van der Waals surface area (Å²) in [7, 11) is 1.76. The van der Waals surface area contributed by atoms with E-state index in [1.165, 1.54) is 22.1 Å². The van der Waals surface area contributed by atoms with Crippen LogP contribution in [0, 0.1) is 0 Å². The minimum absolute atomic E-state index is 0. The number of aliphatic carboxylic acids is 1. The number of carboxylic acid groups (broad SMARTS) is 1. The number of aryl methyl sites for hydroxylation is 1. The van der Waals surface area contributed by atoms with Crippen LogP contribution in [-0.4, -0.2) is 37.1 Å². The van der Waals surface area contributed by atoms with Gasteiger partial charge in [-0.25, -0.2) is 0 Å². The first-order valence-corrected chi connectivity index (χ1v) is 6.67. The number of hydrogen-bond donors (Lipinski definition) is 0. The van der Waals surface area contributed by atoms with Gasteiger partial charge in [-0.3, -0.25) is 14.4 Å². The number of carbonyl (C=O) groups is 2. The molecule has 1 aromatic rings. The Morgan fingerprint density at radius 1 is 1.52 bits per heavy atom. The van der Waals surface area contributed by atoms with Crippen molar-refractivity contribution in [3.8, 4) is 0 Å². The molecule has 2 aliphatic rings. The number of allylic oxidation sites excluding steroid dienone is 2. The van der Waals surface area contributed by atoms with Crippen LogP contribution in [0.3, 0.4) is 0 Å². The second-order valence-electron chi connectivity index (χ2n) is 4.25. The summed E-state index contributed by atoms with van der Waals surface area (Å²) >= 11 is 1.28. The molecular formula is C12H9N4NaO3S. The molecule has 0 N–H and O–H groups in total. The Kier molecular flexibility index (Phi) is 4.72. The van der Waals surface area contributed by atoms with Gasteiger partial charge >= 0.3 is 29.6 Å². The summed E-state index contributed by atoms with van der Waals surface area (Å²) in [6.07, 6.45) is 6.83. The Morgan fingerprint density at radius 3 is 2.90 bits per heavy atom. The van der Waals surface area contributed by atoms with Gasteiger partial charge in [-0.05, 0) is 11.5 Å². The number of β-lactam (4-membered cyclic amide) rings is 1. The van der Waals surface area contributed by atoms with Crippen LogP contribution in [0.2, 0.25) is 0 Å². The van der Waals surface area contributed by atoms with Gasteiger partial charge in [0.05, 0.1) is 23.4 Å². The van der Waals surface area contributed by atoms with E-state index in [9.17, 15) is 14.7 Å². The summed E-state index contributed by atoms with van der Waals surface area (Å²) in [6, 6.07) is 0. The summed E-state index contributed by atoms with van der Waals surface area (Å²) in [4.78, 5) is 23.9. The molecule has 3 rings (SSSR count).